The van der Waals surface area contributed by atoms with Crippen molar-refractivity contribution in [1.29, 1.82) is 0 Å². The van der Waals surface area contributed by atoms with E-state index in [0.717, 1.165) is 29.6 Å². The van der Waals surface area contributed by atoms with E-state index in [4.69, 9.17) is 4.74 Å². The van der Waals surface area contributed by atoms with Gasteiger partial charge in [0.05, 0.1) is 19.0 Å². The van der Waals surface area contributed by atoms with Crippen LogP contribution in [0.25, 0.3) is 11.3 Å². The molecule has 2 aromatic rings. The SMILES string of the molecule is COc1cccc(-c2[nH]ncc2CNC2CCN(C3CC3)CC2)c1.Cl. The molecule has 2 heterocycles. The van der Waals surface area contributed by atoms with Gasteiger partial charge in [0.2, 0.25) is 0 Å². The molecule has 0 amide bonds. The highest BCUT2D eigenvalue weighted by atomic mass is 35.5. The summed E-state index contributed by atoms with van der Waals surface area (Å²) in [6, 6.07) is 9.64. The molecule has 1 aliphatic carbocycles. The Bertz CT molecular complexity index is 678. The molecule has 2 N–H and O–H groups in total. The van der Waals surface area contributed by atoms with Crippen molar-refractivity contribution in [3.63, 3.8) is 0 Å². The lowest BCUT2D eigenvalue weighted by atomic mass is 10.0. The molecular formula is C19H27ClN4O. The third-order valence-corrected chi connectivity index (χ3v) is 5.25. The van der Waals surface area contributed by atoms with Crippen LogP contribution in [0.2, 0.25) is 0 Å². The number of hydrogen-bond donors (Lipinski definition) is 2. The van der Waals surface area contributed by atoms with Crippen molar-refractivity contribution < 1.29 is 4.74 Å². The van der Waals surface area contributed by atoms with Gasteiger partial charge in [0, 0.05) is 29.8 Å². The summed E-state index contributed by atoms with van der Waals surface area (Å²) < 4.78 is 5.33. The molecule has 1 saturated heterocycles. The molecule has 136 valence electrons. The fraction of sp³-hybridized carbons (Fsp3) is 0.526. The topological polar surface area (TPSA) is 53.2 Å². The van der Waals surface area contributed by atoms with Crippen LogP contribution in [-0.4, -0.2) is 47.4 Å². The van der Waals surface area contributed by atoms with E-state index >= 15 is 0 Å². The Morgan fingerprint density at radius 2 is 2.04 bits per heavy atom. The number of aromatic amines is 1. The number of hydrogen-bond acceptors (Lipinski definition) is 4. The first-order valence-electron chi connectivity index (χ1n) is 8.97. The van der Waals surface area contributed by atoms with Gasteiger partial charge in [0.15, 0.2) is 0 Å². The summed E-state index contributed by atoms with van der Waals surface area (Å²) in [6.07, 6.45) is 7.26. The maximum absolute atomic E-state index is 5.33. The number of halogens is 1. The van der Waals surface area contributed by atoms with Crippen molar-refractivity contribution in [3.05, 3.63) is 36.0 Å². The molecule has 0 unspecified atom stereocenters. The zero-order valence-corrected chi connectivity index (χ0v) is 15.5. The van der Waals surface area contributed by atoms with E-state index < -0.39 is 0 Å². The largest absolute Gasteiger partial charge is 0.497 e. The van der Waals surface area contributed by atoms with Crippen molar-refractivity contribution in [2.24, 2.45) is 0 Å². The molecule has 5 nitrogen and oxygen atoms in total. The van der Waals surface area contributed by atoms with Crippen LogP contribution in [0.5, 0.6) is 5.75 Å². The first-order chi connectivity index (χ1) is 11.8. The second-order valence-corrected chi connectivity index (χ2v) is 6.92. The molecule has 6 heteroatoms. The standard InChI is InChI=1S/C19H26N4O.ClH/c1-24-18-4-2-3-14(11-18)19-15(13-21-22-19)12-20-16-7-9-23(10-8-16)17-5-6-17;/h2-4,11,13,16-17,20H,5-10,12H2,1H3,(H,21,22);1H. The Kier molecular flexibility index (Phi) is 5.99. The molecule has 0 atom stereocenters. The fourth-order valence-corrected chi connectivity index (χ4v) is 3.64. The summed E-state index contributed by atoms with van der Waals surface area (Å²) in [5, 5.41) is 11.1. The highest BCUT2D eigenvalue weighted by Crippen LogP contribution is 2.29. The first kappa shape index (κ1) is 18.2. The van der Waals surface area contributed by atoms with Crippen molar-refractivity contribution in [1.82, 2.24) is 20.4 Å². The Morgan fingerprint density at radius 3 is 2.76 bits per heavy atom. The van der Waals surface area contributed by atoms with Crippen LogP contribution in [0.1, 0.15) is 31.2 Å². The van der Waals surface area contributed by atoms with E-state index in [1.165, 1.54) is 44.3 Å². The molecule has 1 aromatic carbocycles. The number of nitrogens with one attached hydrogen (secondary N) is 2. The number of benzene rings is 1. The fourth-order valence-electron chi connectivity index (χ4n) is 3.64. The number of rotatable bonds is 6. The summed E-state index contributed by atoms with van der Waals surface area (Å²) in [5.74, 6) is 0.869. The molecule has 1 saturated carbocycles. The molecule has 4 rings (SSSR count). The minimum absolute atomic E-state index is 0. The van der Waals surface area contributed by atoms with Crippen LogP contribution in [0.15, 0.2) is 30.5 Å². The highest BCUT2D eigenvalue weighted by molar-refractivity contribution is 5.85. The zero-order chi connectivity index (χ0) is 16.4. The maximum atomic E-state index is 5.33. The van der Waals surface area contributed by atoms with E-state index in [9.17, 15) is 0 Å². The molecule has 1 aromatic heterocycles. The lowest BCUT2D eigenvalue weighted by molar-refractivity contribution is 0.189. The Hall–Kier alpha value is -1.56. The van der Waals surface area contributed by atoms with Crippen molar-refractivity contribution >= 4 is 12.4 Å². The monoisotopic (exact) mass is 362 g/mol. The van der Waals surface area contributed by atoms with Gasteiger partial charge in [-0.3, -0.25) is 5.10 Å². The average molecular weight is 363 g/mol. The minimum atomic E-state index is 0. The Labute approximate surface area is 155 Å². The summed E-state index contributed by atoms with van der Waals surface area (Å²) in [7, 11) is 1.70. The Balaban J connectivity index is 0.00000182. The number of nitrogens with zero attached hydrogens (tertiary/aromatic N) is 2. The number of ether oxygens (including phenoxy) is 1. The number of H-pyrrole nitrogens is 1. The maximum Gasteiger partial charge on any atom is 0.119 e. The van der Waals surface area contributed by atoms with Crippen LogP contribution in [0.4, 0.5) is 0 Å². The third-order valence-electron chi connectivity index (χ3n) is 5.25. The van der Waals surface area contributed by atoms with E-state index in [0.29, 0.717) is 6.04 Å². The molecule has 0 spiro atoms. The lowest BCUT2D eigenvalue weighted by Gasteiger charge is -2.32. The number of aromatic nitrogens is 2. The van der Waals surface area contributed by atoms with Gasteiger partial charge in [-0.15, -0.1) is 12.4 Å². The molecular weight excluding hydrogens is 336 g/mol. The highest BCUT2D eigenvalue weighted by Gasteiger charge is 2.31. The lowest BCUT2D eigenvalue weighted by Crippen LogP contribution is -2.43. The number of piperidine rings is 1. The van der Waals surface area contributed by atoms with E-state index in [-0.39, 0.29) is 12.4 Å². The average Bonchev–Trinajstić information content (AvgIpc) is 3.38. The van der Waals surface area contributed by atoms with E-state index in [1.807, 2.05) is 24.4 Å². The van der Waals surface area contributed by atoms with Crippen LogP contribution >= 0.6 is 12.4 Å². The molecule has 25 heavy (non-hydrogen) atoms. The van der Waals surface area contributed by atoms with Crippen molar-refractivity contribution in [2.75, 3.05) is 20.2 Å². The molecule has 1 aliphatic heterocycles. The minimum Gasteiger partial charge on any atom is -0.497 e. The zero-order valence-electron chi connectivity index (χ0n) is 14.7. The van der Waals surface area contributed by atoms with Gasteiger partial charge in [-0.1, -0.05) is 12.1 Å². The molecule has 0 bridgehead atoms. The first-order valence-corrected chi connectivity index (χ1v) is 8.97. The van der Waals surface area contributed by atoms with Crippen molar-refractivity contribution in [2.45, 2.75) is 44.3 Å². The second-order valence-electron chi connectivity index (χ2n) is 6.92. The summed E-state index contributed by atoms with van der Waals surface area (Å²) in [5.41, 5.74) is 3.41. The smallest absolute Gasteiger partial charge is 0.119 e. The second kappa shape index (κ2) is 8.21. The molecule has 0 radical (unpaired) electrons. The number of methoxy groups -OCH3 is 1. The van der Waals surface area contributed by atoms with Gasteiger partial charge in [-0.2, -0.15) is 5.10 Å². The quantitative estimate of drug-likeness (QED) is 0.828. The van der Waals surface area contributed by atoms with Gasteiger partial charge < -0.3 is 15.0 Å². The normalized spacial score (nSPS) is 18.8. The van der Waals surface area contributed by atoms with E-state index in [1.54, 1.807) is 7.11 Å². The van der Waals surface area contributed by atoms with Gasteiger partial charge in [-0.25, -0.2) is 0 Å². The summed E-state index contributed by atoms with van der Waals surface area (Å²) in [4.78, 5) is 2.66. The van der Waals surface area contributed by atoms with Crippen molar-refractivity contribution in [3.8, 4) is 17.0 Å². The predicted octanol–water partition coefficient (Wildman–Crippen LogP) is 3.22. The molecule has 2 aliphatic rings. The van der Waals surface area contributed by atoms with Crippen LogP contribution in [-0.2, 0) is 6.54 Å². The van der Waals surface area contributed by atoms with Gasteiger partial charge in [0.25, 0.3) is 0 Å². The Morgan fingerprint density at radius 1 is 1.24 bits per heavy atom. The van der Waals surface area contributed by atoms with Gasteiger partial charge in [-0.05, 0) is 50.9 Å². The predicted molar refractivity (Wildman–Crippen MR) is 102 cm³/mol. The van der Waals surface area contributed by atoms with Gasteiger partial charge >= 0.3 is 0 Å². The van der Waals surface area contributed by atoms with Crippen LogP contribution in [0.3, 0.4) is 0 Å². The molecule has 2 fully saturated rings. The summed E-state index contributed by atoms with van der Waals surface area (Å²) >= 11 is 0. The summed E-state index contributed by atoms with van der Waals surface area (Å²) in [6.45, 7) is 3.35. The van der Waals surface area contributed by atoms with Gasteiger partial charge in [0.1, 0.15) is 5.75 Å². The third kappa shape index (κ3) is 4.35. The van der Waals surface area contributed by atoms with E-state index in [2.05, 4.69) is 26.5 Å². The van der Waals surface area contributed by atoms with Crippen LogP contribution < -0.4 is 10.1 Å². The van der Waals surface area contributed by atoms with Crippen LogP contribution in [0, 0.1) is 0 Å². The number of likely N-dealkylation sites (tertiary alicyclic amines) is 1.